The van der Waals surface area contributed by atoms with Gasteiger partial charge in [0.2, 0.25) is 11.8 Å². The van der Waals surface area contributed by atoms with Crippen molar-refractivity contribution in [3.8, 4) is 0 Å². The minimum absolute atomic E-state index is 0.00908. The van der Waals surface area contributed by atoms with E-state index in [9.17, 15) is 9.59 Å². The first-order chi connectivity index (χ1) is 12.0. The molecule has 2 amide bonds. The zero-order valence-electron chi connectivity index (χ0n) is 14.6. The van der Waals surface area contributed by atoms with Crippen LogP contribution in [0.5, 0.6) is 0 Å². The number of aryl methyl sites for hydroxylation is 2. The van der Waals surface area contributed by atoms with Gasteiger partial charge in [-0.2, -0.15) is 0 Å². The first-order valence-corrected chi connectivity index (χ1v) is 9.20. The fraction of sp³-hybridized carbons (Fsp3) is 0.316. The van der Waals surface area contributed by atoms with Crippen molar-refractivity contribution in [2.45, 2.75) is 31.8 Å². The predicted molar refractivity (Wildman–Crippen MR) is 99.8 cm³/mol. The fourth-order valence-corrected chi connectivity index (χ4v) is 4.01. The number of anilines is 1. The molecule has 0 saturated heterocycles. The molecular formula is C19H21N3O2S. The second kappa shape index (κ2) is 7.27. The zero-order valence-corrected chi connectivity index (χ0v) is 15.4. The van der Waals surface area contributed by atoms with Gasteiger partial charge in [0, 0.05) is 5.69 Å². The number of amides is 2. The Bertz CT molecular complexity index is 808. The maximum Gasteiger partial charge on any atom is 0.240 e. The third kappa shape index (κ3) is 3.85. The summed E-state index contributed by atoms with van der Waals surface area (Å²) in [6, 6.07) is 11.6. The predicted octanol–water partition coefficient (Wildman–Crippen LogP) is 3.01. The second-order valence-corrected chi connectivity index (χ2v) is 7.17. The van der Waals surface area contributed by atoms with E-state index < -0.39 is 0 Å². The average Bonchev–Trinajstić information content (AvgIpc) is 2.58. The standard InChI is InChI=1S/C19H21N3O2S/c1-12-9-13(2)20-19-18(12)22(17(24)11-25-19)10-16(23)21-14(3)15-7-5-4-6-8-15/h4-9,14H,10-11H2,1-3H3,(H,21,23). The van der Waals surface area contributed by atoms with Crippen molar-refractivity contribution < 1.29 is 9.59 Å². The highest BCUT2D eigenvalue weighted by Gasteiger charge is 2.29. The molecule has 1 aliphatic heterocycles. The summed E-state index contributed by atoms with van der Waals surface area (Å²) < 4.78 is 0. The Kier molecular flexibility index (Phi) is 5.08. The van der Waals surface area contributed by atoms with E-state index in [1.807, 2.05) is 57.2 Å². The van der Waals surface area contributed by atoms with Gasteiger partial charge in [-0.1, -0.05) is 42.1 Å². The highest BCUT2D eigenvalue weighted by Crippen LogP contribution is 2.36. The summed E-state index contributed by atoms with van der Waals surface area (Å²) in [5.41, 5.74) is 3.67. The Balaban J connectivity index is 1.77. The van der Waals surface area contributed by atoms with Crippen molar-refractivity contribution in [2.75, 3.05) is 17.2 Å². The van der Waals surface area contributed by atoms with Gasteiger partial charge < -0.3 is 5.32 Å². The first kappa shape index (κ1) is 17.5. The van der Waals surface area contributed by atoms with Crippen LogP contribution in [0.25, 0.3) is 0 Å². The van der Waals surface area contributed by atoms with Crippen molar-refractivity contribution in [3.05, 3.63) is 53.2 Å². The van der Waals surface area contributed by atoms with Crippen molar-refractivity contribution in [3.63, 3.8) is 0 Å². The number of carbonyl (C=O) groups excluding carboxylic acids is 2. The Labute approximate surface area is 151 Å². The smallest absolute Gasteiger partial charge is 0.240 e. The maximum absolute atomic E-state index is 12.5. The maximum atomic E-state index is 12.5. The SMILES string of the molecule is Cc1cc(C)c2c(n1)SCC(=O)N2CC(=O)NC(C)c1ccccc1. The van der Waals surface area contributed by atoms with Gasteiger partial charge in [0.1, 0.15) is 11.6 Å². The number of hydrogen-bond acceptors (Lipinski definition) is 4. The van der Waals surface area contributed by atoms with Gasteiger partial charge in [-0.25, -0.2) is 4.98 Å². The molecular weight excluding hydrogens is 334 g/mol. The molecule has 3 rings (SSSR count). The summed E-state index contributed by atoms with van der Waals surface area (Å²) in [5, 5.41) is 3.79. The molecule has 2 aromatic rings. The fourth-order valence-electron chi connectivity index (χ4n) is 2.98. The normalized spacial score (nSPS) is 14.8. The van der Waals surface area contributed by atoms with E-state index in [1.165, 1.54) is 11.8 Å². The number of pyridine rings is 1. The summed E-state index contributed by atoms with van der Waals surface area (Å²) in [5.74, 6) is 0.0704. The van der Waals surface area contributed by atoms with Gasteiger partial charge in [-0.15, -0.1) is 0 Å². The Morgan fingerprint density at radius 2 is 2.04 bits per heavy atom. The summed E-state index contributed by atoms with van der Waals surface area (Å²) in [6.07, 6.45) is 0. The van der Waals surface area contributed by atoms with E-state index in [2.05, 4.69) is 10.3 Å². The number of rotatable bonds is 4. The molecule has 130 valence electrons. The number of nitrogens with one attached hydrogen (secondary N) is 1. The molecule has 0 spiro atoms. The van der Waals surface area contributed by atoms with Gasteiger partial charge in [0.15, 0.2) is 0 Å². The number of thioether (sulfide) groups is 1. The van der Waals surface area contributed by atoms with Crippen LogP contribution in [0, 0.1) is 13.8 Å². The monoisotopic (exact) mass is 355 g/mol. The molecule has 1 aliphatic rings. The van der Waals surface area contributed by atoms with Gasteiger partial charge in [-0.3, -0.25) is 14.5 Å². The molecule has 1 atom stereocenters. The number of hydrogen-bond donors (Lipinski definition) is 1. The van der Waals surface area contributed by atoms with Crippen molar-refractivity contribution in [2.24, 2.45) is 0 Å². The van der Waals surface area contributed by atoms with E-state index >= 15 is 0 Å². The van der Waals surface area contributed by atoms with Crippen molar-refractivity contribution >= 4 is 29.3 Å². The lowest BCUT2D eigenvalue weighted by Crippen LogP contribution is -2.44. The minimum atomic E-state index is -0.178. The van der Waals surface area contributed by atoms with Crippen LogP contribution in [0.1, 0.15) is 29.8 Å². The lowest BCUT2D eigenvalue weighted by molar-refractivity contribution is -0.123. The van der Waals surface area contributed by atoms with Crippen LogP contribution in [-0.4, -0.2) is 29.1 Å². The van der Waals surface area contributed by atoms with Crippen LogP contribution >= 0.6 is 11.8 Å². The highest BCUT2D eigenvalue weighted by atomic mass is 32.2. The van der Waals surface area contributed by atoms with Crippen molar-refractivity contribution in [1.82, 2.24) is 10.3 Å². The summed E-state index contributed by atoms with van der Waals surface area (Å²) in [6.45, 7) is 5.83. The third-order valence-corrected chi connectivity index (χ3v) is 5.11. The summed E-state index contributed by atoms with van der Waals surface area (Å²) in [7, 11) is 0. The second-order valence-electron chi connectivity index (χ2n) is 6.20. The van der Waals surface area contributed by atoms with Crippen LogP contribution < -0.4 is 10.2 Å². The molecule has 6 heteroatoms. The molecule has 0 fully saturated rings. The molecule has 0 bridgehead atoms. The minimum Gasteiger partial charge on any atom is -0.348 e. The number of nitrogens with zero attached hydrogens (tertiary/aromatic N) is 2. The van der Waals surface area contributed by atoms with Crippen LogP contribution in [0.3, 0.4) is 0 Å². The Hall–Kier alpha value is -2.34. The number of benzene rings is 1. The molecule has 25 heavy (non-hydrogen) atoms. The largest absolute Gasteiger partial charge is 0.348 e. The highest BCUT2D eigenvalue weighted by molar-refractivity contribution is 8.00. The Morgan fingerprint density at radius 3 is 2.76 bits per heavy atom. The molecule has 5 nitrogen and oxygen atoms in total. The lowest BCUT2D eigenvalue weighted by Gasteiger charge is -2.30. The zero-order chi connectivity index (χ0) is 18.0. The number of carbonyl (C=O) groups is 2. The van der Waals surface area contributed by atoms with E-state index in [1.54, 1.807) is 4.90 Å². The van der Waals surface area contributed by atoms with Crippen LogP contribution in [0.2, 0.25) is 0 Å². The molecule has 1 unspecified atom stereocenters. The van der Waals surface area contributed by atoms with E-state index in [0.29, 0.717) is 5.75 Å². The average molecular weight is 355 g/mol. The van der Waals surface area contributed by atoms with Gasteiger partial charge >= 0.3 is 0 Å². The lowest BCUT2D eigenvalue weighted by atomic mass is 10.1. The van der Waals surface area contributed by atoms with E-state index in [-0.39, 0.29) is 24.4 Å². The molecule has 1 N–H and O–H groups in total. The Morgan fingerprint density at radius 1 is 1.32 bits per heavy atom. The summed E-state index contributed by atoms with van der Waals surface area (Å²) in [4.78, 5) is 30.9. The number of fused-ring (bicyclic) bond motifs is 1. The molecule has 0 aliphatic carbocycles. The van der Waals surface area contributed by atoms with Crippen LogP contribution in [0.15, 0.2) is 41.4 Å². The van der Waals surface area contributed by atoms with Gasteiger partial charge in [0.25, 0.3) is 0 Å². The molecule has 1 aromatic heterocycles. The van der Waals surface area contributed by atoms with Gasteiger partial charge in [0.05, 0.1) is 17.5 Å². The van der Waals surface area contributed by atoms with Crippen molar-refractivity contribution in [1.29, 1.82) is 0 Å². The van der Waals surface area contributed by atoms with Crippen LogP contribution in [-0.2, 0) is 9.59 Å². The molecule has 0 saturated carbocycles. The van der Waals surface area contributed by atoms with E-state index in [0.717, 1.165) is 27.5 Å². The quantitative estimate of drug-likeness (QED) is 0.916. The van der Waals surface area contributed by atoms with Crippen LogP contribution in [0.4, 0.5) is 5.69 Å². The molecule has 1 aromatic carbocycles. The first-order valence-electron chi connectivity index (χ1n) is 8.21. The summed E-state index contributed by atoms with van der Waals surface area (Å²) >= 11 is 1.43. The topological polar surface area (TPSA) is 62.3 Å². The van der Waals surface area contributed by atoms with Gasteiger partial charge in [-0.05, 0) is 38.0 Å². The third-order valence-electron chi connectivity index (χ3n) is 4.16. The number of aromatic nitrogens is 1. The van der Waals surface area contributed by atoms with E-state index in [4.69, 9.17) is 0 Å². The molecule has 0 radical (unpaired) electrons. The molecule has 2 heterocycles.